The lowest BCUT2D eigenvalue weighted by Gasteiger charge is -2.12. The first-order chi connectivity index (χ1) is 10.0. The van der Waals surface area contributed by atoms with Gasteiger partial charge in [0, 0.05) is 37.3 Å². The Bertz CT molecular complexity index is 744. The van der Waals surface area contributed by atoms with Gasteiger partial charge in [-0.15, -0.1) is 0 Å². The van der Waals surface area contributed by atoms with Gasteiger partial charge in [-0.25, -0.2) is 9.59 Å². The molecular formula is C16H17NO4. The van der Waals surface area contributed by atoms with Crippen molar-refractivity contribution in [3.63, 3.8) is 0 Å². The van der Waals surface area contributed by atoms with E-state index in [1.807, 2.05) is 31.1 Å². The first-order valence-electron chi connectivity index (χ1n) is 6.61. The van der Waals surface area contributed by atoms with Crippen molar-refractivity contribution in [2.24, 2.45) is 0 Å². The minimum Gasteiger partial charge on any atom is -0.463 e. The Morgan fingerprint density at radius 1 is 1.33 bits per heavy atom. The van der Waals surface area contributed by atoms with Crippen molar-refractivity contribution in [2.45, 2.75) is 6.92 Å². The molecule has 0 unspecified atom stereocenters. The number of carbonyl (C=O) groups excluding carboxylic acids is 1. The van der Waals surface area contributed by atoms with Gasteiger partial charge in [-0.05, 0) is 31.2 Å². The van der Waals surface area contributed by atoms with Gasteiger partial charge in [-0.2, -0.15) is 0 Å². The molecule has 0 spiro atoms. The summed E-state index contributed by atoms with van der Waals surface area (Å²) in [6.07, 6.45) is 2.62. The van der Waals surface area contributed by atoms with Gasteiger partial charge in [0.2, 0.25) is 0 Å². The van der Waals surface area contributed by atoms with E-state index in [2.05, 4.69) is 0 Å². The molecular weight excluding hydrogens is 270 g/mol. The fraction of sp³-hybridized carbons (Fsp3) is 0.250. The molecule has 0 aliphatic heterocycles. The monoisotopic (exact) mass is 287 g/mol. The van der Waals surface area contributed by atoms with Crippen LogP contribution in [-0.4, -0.2) is 26.7 Å². The Hall–Kier alpha value is -2.56. The van der Waals surface area contributed by atoms with Crippen LogP contribution in [0.15, 0.2) is 39.6 Å². The summed E-state index contributed by atoms with van der Waals surface area (Å²) in [6.45, 7) is 2.02. The third-order valence-electron chi connectivity index (χ3n) is 2.95. The number of carbonyl (C=O) groups is 1. The minimum atomic E-state index is -0.487. The third kappa shape index (κ3) is 3.51. The summed E-state index contributed by atoms with van der Waals surface area (Å²) in [7, 11) is 3.82. The largest absolute Gasteiger partial charge is 0.463 e. The molecule has 0 radical (unpaired) electrons. The molecule has 0 atom stereocenters. The molecule has 0 bridgehead atoms. The van der Waals surface area contributed by atoms with Gasteiger partial charge in [0.1, 0.15) is 5.58 Å². The molecule has 2 aromatic rings. The van der Waals surface area contributed by atoms with Gasteiger partial charge in [0.05, 0.1) is 12.2 Å². The Balaban J connectivity index is 2.39. The van der Waals surface area contributed by atoms with Crippen LogP contribution in [0.25, 0.3) is 17.0 Å². The van der Waals surface area contributed by atoms with Crippen molar-refractivity contribution in [2.75, 3.05) is 25.6 Å². The quantitative estimate of drug-likeness (QED) is 0.491. The molecule has 0 aliphatic carbocycles. The fourth-order valence-electron chi connectivity index (χ4n) is 1.86. The number of hydrogen-bond donors (Lipinski definition) is 0. The van der Waals surface area contributed by atoms with Crippen LogP contribution in [0.4, 0.5) is 5.69 Å². The SMILES string of the molecule is CCOC(=O)/C=C/c1cc2ccc(N(C)C)cc2oc1=O. The number of nitrogens with zero attached hydrogens (tertiary/aromatic N) is 1. The van der Waals surface area contributed by atoms with E-state index in [4.69, 9.17) is 9.15 Å². The van der Waals surface area contributed by atoms with Crippen LogP contribution in [0, 0.1) is 0 Å². The first-order valence-corrected chi connectivity index (χ1v) is 6.61. The summed E-state index contributed by atoms with van der Waals surface area (Å²) >= 11 is 0. The molecule has 1 aromatic carbocycles. The molecule has 5 nitrogen and oxygen atoms in total. The molecule has 0 aliphatic rings. The van der Waals surface area contributed by atoms with E-state index in [0.717, 1.165) is 11.1 Å². The van der Waals surface area contributed by atoms with E-state index in [1.165, 1.54) is 12.2 Å². The molecule has 1 heterocycles. The Labute approximate surface area is 122 Å². The highest BCUT2D eigenvalue weighted by molar-refractivity contribution is 5.88. The number of hydrogen-bond acceptors (Lipinski definition) is 5. The molecule has 1 aromatic heterocycles. The Morgan fingerprint density at radius 3 is 2.76 bits per heavy atom. The molecule has 0 saturated carbocycles. The van der Waals surface area contributed by atoms with Gasteiger partial charge in [-0.1, -0.05) is 0 Å². The van der Waals surface area contributed by atoms with Crippen LogP contribution in [0.3, 0.4) is 0 Å². The number of ether oxygens (including phenoxy) is 1. The van der Waals surface area contributed by atoms with Crippen LogP contribution in [0.1, 0.15) is 12.5 Å². The maximum atomic E-state index is 11.9. The van der Waals surface area contributed by atoms with Crippen LogP contribution in [0.5, 0.6) is 0 Å². The third-order valence-corrected chi connectivity index (χ3v) is 2.95. The summed E-state index contributed by atoms with van der Waals surface area (Å²) in [5, 5.41) is 0.795. The second-order valence-corrected chi connectivity index (χ2v) is 4.69. The number of anilines is 1. The normalized spacial score (nSPS) is 11.0. The Kier molecular flexibility index (Phi) is 4.42. The average Bonchev–Trinajstić information content (AvgIpc) is 2.44. The van der Waals surface area contributed by atoms with Crippen LogP contribution >= 0.6 is 0 Å². The van der Waals surface area contributed by atoms with Gasteiger partial charge in [-0.3, -0.25) is 0 Å². The molecule has 0 amide bonds. The van der Waals surface area contributed by atoms with Crippen molar-refractivity contribution in [3.8, 4) is 0 Å². The van der Waals surface area contributed by atoms with E-state index >= 15 is 0 Å². The zero-order valence-electron chi connectivity index (χ0n) is 12.3. The van der Waals surface area contributed by atoms with Gasteiger partial charge >= 0.3 is 11.6 Å². The lowest BCUT2D eigenvalue weighted by atomic mass is 10.1. The lowest BCUT2D eigenvalue weighted by molar-refractivity contribution is -0.137. The van der Waals surface area contributed by atoms with E-state index in [1.54, 1.807) is 19.1 Å². The minimum absolute atomic E-state index is 0.294. The molecule has 2 rings (SSSR count). The lowest BCUT2D eigenvalue weighted by Crippen LogP contribution is -2.09. The van der Waals surface area contributed by atoms with Gasteiger partial charge < -0.3 is 14.1 Å². The molecule has 0 N–H and O–H groups in total. The molecule has 0 saturated heterocycles. The highest BCUT2D eigenvalue weighted by atomic mass is 16.5. The maximum Gasteiger partial charge on any atom is 0.343 e. The summed E-state index contributed by atoms with van der Waals surface area (Å²) < 4.78 is 10.1. The summed E-state index contributed by atoms with van der Waals surface area (Å²) in [6, 6.07) is 7.29. The molecule has 21 heavy (non-hydrogen) atoms. The maximum absolute atomic E-state index is 11.9. The van der Waals surface area contributed by atoms with Crippen LogP contribution < -0.4 is 10.5 Å². The second-order valence-electron chi connectivity index (χ2n) is 4.69. The van der Waals surface area contributed by atoms with Crippen LogP contribution in [-0.2, 0) is 9.53 Å². The highest BCUT2D eigenvalue weighted by Crippen LogP contribution is 2.20. The van der Waals surface area contributed by atoms with Crippen molar-refractivity contribution >= 4 is 28.7 Å². The second kappa shape index (κ2) is 6.26. The number of esters is 1. The van der Waals surface area contributed by atoms with E-state index < -0.39 is 11.6 Å². The predicted octanol–water partition coefficient (Wildman–Crippen LogP) is 2.44. The van der Waals surface area contributed by atoms with E-state index in [9.17, 15) is 9.59 Å². The molecule has 110 valence electrons. The van der Waals surface area contributed by atoms with E-state index in [-0.39, 0.29) is 0 Å². The van der Waals surface area contributed by atoms with E-state index in [0.29, 0.717) is 17.8 Å². The van der Waals surface area contributed by atoms with Crippen LogP contribution in [0.2, 0.25) is 0 Å². The average molecular weight is 287 g/mol. The van der Waals surface area contributed by atoms with Crippen molar-refractivity contribution in [1.82, 2.24) is 0 Å². The number of benzene rings is 1. The summed E-state index contributed by atoms with van der Waals surface area (Å²) in [4.78, 5) is 25.1. The van der Waals surface area contributed by atoms with Gasteiger partial charge in [0.15, 0.2) is 0 Å². The zero-order chi connectivity index (χ0) is 15.4. The van der Waals surface area contributed by atoms with Crippen molar-refractivity contribution in [1.29, 1.82) is 0 Å². The van der Waals surface area contributed by atoms with Crippen molar-refractivity contribution < 1.29 is 13.9 Å². The van der Waals surface area contributed by atoms with Crippen molar-refractivity contribution in [3.05, 3.63) is 46.3 Å². The topological polar surface area (TPSA) is 59.8 Å². The number of rotatable bonds is 4. The summed E-state index contributed by atoms with van der Waals surface area (Å²) in [5.74, 6) is -0.486. The smallest absolute Gasteiger partial charge is 0.343 e. The molecule has 5 heteroatoms. The first kappa shape index (κ1) is 14.8. The predicted molar refractivity (Wildman–Crippen MR) is 82.5 cm³/mol. The van der Waals surface area contributed by atoms with Gasteiger partial charge in [0.25, 0.3) is 0 Å². The Morgan fingerprint density at radius 2 is 2.10 bits per heavy atom. The number of fused-ring (bicyclic) bond motifs is 1. The summed E-state index contributed by atoms with van der Waals surface area (Å²) in [5.41, 5.74) is 1.28. The fourth-order valence-corrected chi connectivity index (χ4v) is 1.86. The standard InChI is InChI=1S/C16H17NO4/c1-4-20-15(18)8-6-12-9-11-5-7-13(17(2)3)10-14(11)21-16(12)19/h5-10H,4H2,1-3H3/b8-6+. The highest BCUT2D eigenvalue weighted by Gasteiger charge is 2.05. The zero-order valence-corrected chi connectivity index (χ0v) is 12.3. The molecule has 0 fully saturated rings.